The lowest BCUT2D eigenvalue weighted by Crippen LogP contribution is -2.46. The van der Waals surface area contributed by atoms with Gasteiger partial charge in [-0.25, -0.2) is 0 Å². The van der Waals surface area contributed by atoms with Gasteiger partial charge in [-0.05, 0) is 25.0 Å². The minimum atomic E-state index is 0.222. The predicted molar refractivity (Wildman–Crippen MR) is 112 cm³/mol. The van der Waals surface area contributed by atoms with Crippen LogP contribution in [0, 0.1) is 0 Å². The van der Waals surface area contributed by atoms with Gasteiger partial charge in [0.05, 0.1) is 25.4 Å². The molecule has 29 heavy (non-hydrogen) atoms. The van der Waals surface area contributed by atoms with Crippen molar-refractivity contribution < 1.29 is 9.47 Å². The van der Waals surface area contributed by atoms with Crippen molar-refractivity contribution in [2.45, 2.75) is 25.5 Å². The first kappa shape index (κ1) is 19.7. The zero-order valence-corrected chi connectivity index (χ0v) is 16.9. The van der Waals surface area contributed by atoms with E-state index < -0.39 is 0 Å². The van der Waals surface area contributed by atoms with Gasteiger partial charge < -0.3 is 25.4 Å². The number of aromatic nitrogens is 3. The molecule has 3 N–H and O–H groups in total. The van der Waals surface area contributed by atoms with Crippen molar-refractivity contribution in [1.82, 2.24) is 19.9 Å². The molecule has 0 radical (unpaired) electrons. The van der Waals surface area contributed by atoms with E-state index in [1.807, 2.05) is 18.2 Å². The van der Waals surface area contributed by atoms with E-state index in [1.54, 1.807) is 7.11 Å². The van der Waals surface area contributed by atoms with Crippen LogP contribution in [0.25, 0.3) is 0 Å². The Morgan fingerprint density at radius 3 is 2.76 bits per heavy atom. The minimum Gasteiger partial charge on any atom is -0.495 e. The Labute approximate surface area is 171 Å². The van der Waals surface area contributed by atoms with Gasteiger partial charge in [-0.2, -0.15) is 15.0 Å². The number of ether oxygens (including phenoxy) is 2. The fourth-order valence-corrected chi connectivity index (χ4v) is 3.84. The highest BCUT2D eigenvalue weighted by Gasteiger charge is 2.21. The Kier molecular flexibility index (Phi) is 6.26. The van der Waals surface area contributed by atoms with Gasteiger partial charge in [0.25, 0.3) is 0 Å². The molecule has 0 amide bonds. The van der Waals surface area contributed by atoms with E-state index in [0.29, 0.717) is 24.9 Å². The lowest BCUT2D eigenvalue weighted by atomic mass is 10.2. The predicted octanol–water partition coefficient (Wildman–Crippen LogP) is 1.38. The third kappa shape index (κ3) is 5.04. The number of benzene rings is 1. The molecule has 9 heteroatoms. The molecule has 2 aliphatic rings. The lowest BCUT2D eigenvalue weighted by molar-refractivity contribution is 0.120. The molecule has 1 aromatic carbocycles. The van der Waals surface area contributed by atoms with Gasteiger partial charge in [0.2, 0.25) is 11.9 Å². The maximum atomic E-state index is 5.90. The van der Waals surface area contributed by atoms with Crippen molar-refractivity contribution in [2.24, 2.45) is 0 Å². The normalized spacial score (nSPS) is 20.0. The first-order valence-corrected chi connectivity index (χ1v) is 10.2. The summed E-state index contributed by atoms with van der Waals surface area (Å²) >= 11 is 0. The number of nitrogens with two attached hydrogens (primary N) is 1. The van der Waals surface area contributed by atoms with Crippen LogP contribution in [0.1, 0.15) is 18.7 Å². The van der Waals surface area contributed by atoms with Gasteiger partial charge in [-0.1, -0.05) is 12.1 Å². The number of nitrogen functional groups attached to an aromatic ring is 1. The van der Waals surface area contributed by atoms with Crippen LogP contribution in [0.4, 0.5) is 17.6 Å². The molecule has 0 bridgehead atoms. The van der Waals surface area contributed by atoms with Crippen molar-refractivity contribution in [3.63, 3.8) is 0 Å². The van der Waals surface area contributed by atoms with Crippen molar-refractivity contribution >= 4 is 17.6 Å². The van der Waals surface area contributed by atoms with Crippen LogP contribution < -0.4 is 20.7 Å². The molecule has 2 aromatic rings. The van der Waals surface area contributed by atoms with Gasteiger partial charge in [0.15, 0.2) is 0 Å². The second-order valence-electron chi connectivity index (χ2n) is 7.38. The number of methoxy groups -OCH3 is 1. The van der Waals surface area contributed by atoms with E-state index in [0.717, 1.165) is 57.1 Å². The number of para-hydroxylation sites is 2. The van der Waals surface area contributed by atoms with Crippen molar-refractivity contribution in [2.75, 3.05) is 62.4 Å². The maximum Gasteiger partial charge on any atom is 0.227 e. The Hall–Kier alpha value is -2.65. The molecular formula is C20H29N7O2. The molecule has 0 aliphatic carbocycles. The van der Waals surface area contributed by atoms with Crippen molar-refractivity contribution in [1.29, 1.82) is 0 Å². The Morgan fingerprint density at radius 1 is 1.17 bits per heavy atom. The van der Waals surface area contributed by atoms with Gasteiger partial charge in [0, 0.05) is 39.3 Å². The minimum absolute atomic E-state index is 0.222. The molecule has 1 unspecified atom stereocenters. The van der Waals surface area contributed by atoms with Crippen molar-refractivity contribution in [3.05, 3.63) is 30.1 Å². The quantitative estimate of drug-likeness (QED) is 0.715. The van der Waals surface area contributed by atoms with Crippen LogP contribution in [0.2, 0.25) is 0 Å². The average molecular weight is 399 g/mol. The Morgan fingerprint density at radius 2 is 2.00 bits per heavy atom. The fourth-order valence-electron chi connectivity index (χ4n) is 3.84. The molecule has 1 atom stereocenters. The van der Waals surface area contributed by atoms with Crippen LogP contribution >= 0.6 is 0 Å². The number of anilines is 3. The molecule has 2 saturated heterocycles. The van der Waals surface area contributed by atoms with Crippen LogP contribution in [-0.4, -0.2) is 72.4 Å². The highest BCUT2D eigenvalue weighted by Crippen LogP contribution is 2.28. The summed E-state index contributed by atoms with van der Waals surface area (Å²) in [5.74, 6) is 2.37. The number of nitrogens with one attached hydrogen (secondary N) is 1. The van der Waals surface area contributed by atoms with Crippen LogP contribution in [-0.2, 0) is 11.3 Å². The average Bonchev–Trinajstić information content (AvgIpc) is 3.26. The smallest absolute Gasteiger partial charge is 0.227 e. The monoisotopic (exact) mass is 399 g/mol. The van der Waals surface area contributed by atoms with Gasteiger partial charge in [-0.3, -0.25) is 4.90 Å². The Balaban J connectivity index is 1.33. The highest BCUT2D eigenvalue weighted by molar-refractivity contribution is 5.58. The second-order valence-corrected chi connectivity index (χ2v) is 7.38. The first-order chi connectivity index (χ1) is 14.2. The van der Waals surface area contributed by atoms with Crippen molar-refractivity contribution in [3.8, 4) is 5.75 Å². The summed E-state index contributed by atoms with van der Waals surface area (Å²) in [7, 11) is 1.71. The van der Waals surface area contributed by atoms with Crippen LogP contribution in [0.3, 0.4) is 0 Å². The SMILES string of the molecule is COc1ccccc1N1CCN(Cc2nc(N)nc(NCC3CCCO3)n2)CC1. The van der Waals surface area contributed by atoms with Gasteiger partial charge in [-0.15, -0.1) is 0 Å². The van der Waals surface area contributed by atoms with E-state index in [9.17, 15) is 0 Å². The molecule has 0 spiro atoms. The Bertz CT molecular complexity index is 805. The van der Waals surface area contributed by atoms with Gasteiger partial charge in [0.1, 0.15) is 11.6 Å². The molecule has 9 nitrogen and oxygen atoms in total. The summed E-state index contributed by atoms with van der Waals surface area (Å²) in [5.41, 5.74) is 7.04. The molecule has 1 aromatic heterocycles. The zero-order valence-electron chi connectivity index (χ0n) is 16.9. The largest absolute Gasteiger partial charge is 0.495 e. The highest BCUT2D eigenvalue weighted by atomic mass is 16.5. The van der Waals surface area contributed by atoms with Crippen LogP contribution in [0.15, 0.2) is 24.3 Å². The molecule has 3 heterocycles. The number of nitrogens with zero attached hydrogens (tertiary/aromatic N) is 5. The first-order valence-electron chi connectivity index (χ1n) is 10.2. The lowest BCUT2D eigenvalue weighted by Gasteiger charge is -2.36. The van der Waals surface area contributed by atoms with E-state index in [-0.39, 0.29) is 12.1 Å². The molecule has 156 valence electrons. The van der Waals surface area contributed by atoms with Gasteiger partial charge >= 0.3 is 0 Å². The number of piperazine rings is 1. The maximum absolute atomic E-state index is 5.90. The molecule has 4 rings (SSSR count). The standard InChI is InChI=1S/C20H29N7O2/c1-28-17-7-3-2-6-16(17)27-10-8-26(9-11-27)14-18-23-19(21)25-20(24-18)22-13-15-5-4-12-29-15/h2-3,6-7,15H,4-5,8-14H2,1H3,(H3,21,22,23,24,25). The number of rotatable bonds is 7. The number of hydrogen-bond donors (Lipinski definition) is 2. The topological polar surface area (TPSA) is 102 Å². The summed E-state index contributed by atoms with van der Waals surface area (Å²) in [4.78, 5) is 17.8. The van der Waals surface area contributed by atoms with E-state index >= 15 is 0 Å². The fraction of sp³-hybridized carbons (Fsp3) is 0.550. The molecular weight excluding hydrogens is 370 g/mol. The van der Waals surface area contributed by atoms with E-state index in [4.69, 9.17) is 15.2 Å². The summed E-state index contributed by atoms with van der Waals surface area (Å²) in [6.07, 6.45) is 2.40. The third-order valence-corrected chi connectivity index (χ3v) is 5.37. The molecule has 2 aliphatic heterocycles. The number of hydrogen-bond acceptors (Lipinski definition) is 9. The summed E-state index contributed by atoms with van der Waals surface area (Å²) in [5, 5.41) is 3.24. The second kappa shape index (κ2) is 9.23. The van der Waals surface area contributed by atoms with E-state index in [1.165, 1.54) is 0 Å². The summed E-state index contributed by atoms with van der Waals surface area (Å²) in [6.45, 7) is 5.86. The zero-order chi connectivity index (χ0) is 20.1. The summed E-state index contributed by atoms with van der Waals surface area (Å²) < 4.78 is 11.1. The third-order valence-electron chi connectivity index (χ3n) is 5.37. The summed E-state index contributed by atoms with van der Waals surface area (Å²) in [6, 6.07) is 8.14. The van der Waals surface area contributed by atoms with Crippen LogP contribution in [0.5, 0.6) is 5.75 Å². The molecule has 2 fully saturated rings. The molecule has 0 saturated carbocycles. The van der Waals surface area contributed by atoms with E-state index in [2.05, 4.69) is 36.1 Å².